The van der Waals surface area contributed by atoms with Crippen LogP contribution in [-0.2, 0) is 6.42 Å². The van der Waals surface area contributed by atoms with Crippen LogP contribution in [0.25, 0.3) is 5.57 Å². The average Bonchev–Trinajstić information content (AvgIpc) is 2.39. The molecule has 1 unspecified atom stereocenters. The van der Waals surface area contributed by atoms with E-state index < -0.39 is 10.7 Å². The molecule has 0 aromatic heterocycles. The lowest BCUT2D eigenvalue weighted by Crippen LogP contribution is -2.27. The summed E-state index contributed by atoms with van der Waals surface area (Å²) < 4.78 is 27.3. The number of hydrogen-bond acceptors (Lipinski definition) is 2. The highest BCUT2D eigenvalue weighted by Gasteiger charge is 2.43. The first kappa shape index (κ1) is 13.7. The van der Waals surface area contributed by atoms with Crippen molar-refractivity contribution in [3.63, 3.8) is 0 Å². The monoisotopic (exact) mass is 322 g/mol. The number of fused-ring (bicyclic) bond motifs is 1. The van der Waals surface area contributed by atoms with Crippen molar-refractivity contribution in [3.8, 4) is 12.1 Å². The highest BCUT2D eigenvalue weighted by molar-refractivity contribution is 9.10. The van der Waals surface area contributed by atoms with Crippen molar-refractivity contribution >= 4 is 21.5 Å². The predicted molar refractivity (Wildman–Crippen MR) is 70.3 cm³/mol. The second-order valence-electron chi connectivity index (χ2n) is 4.30. The number of benzene rings is 1. The fourth-order valence-electron chi connectivity index (χ4n) is 2.41. The van der Waals surface area contributed by atoms with Crippen molar-refractivity contribution in [3.05, 3.63) is 41.0 Å². The van der Waals surface area contributed by atoms with Crippen LogP contribution in [0.3, 0.4) is 0 Å². The van der Waals surface area contributed by atoms with Gasteiger partial charge >= 0.3 is 4.83 Å². The molecule has 0 fully saturated rings. The summed E-state index contributed by atoms with van der Waals surface area (Å²) in [6.45, 7) is 0. The van der Waals surface area contributed by atoms with Gasteiger partial charge in [0.2, 0.25) is 0 Å². The van der Waals surface area contributed by atoms with Gasteiger partial charge in [-0.05, 0) is 45.5 Å². The standard InChI is InChI=1S/C14H9BrF2N2/c15-14(16,17)12-6-5-9-3-1-2-4-11(9)13(12)10(7-18)8-19/h1-4,12H,5-6H2. The fraction of sp³-hybridized carbons (Fsp3) is 0.286. The van der Waals surface area contributed by atoms with E-state index in [2.05, 4.69) is 15.9 Å². The van der Waals surface area contributed by atoms with Gasteiger partial charge < -0.3 is 0 Å². The number of alkyl halides is 3. The molecule has 1 aliphatic carbocycles. The summed E-state index contributed by atoms with van der Waals surface area (Å²) in [5, 5.41) is 18.0. The van der Waals surface area contributed by atoms with Gasteiger partial charge in [-0.25, -0.2) is 0 Å². The highest BCUT2D eigenvalue weighted by Crippen LogP contribution is 2.47. The Kier molecular flexibility index (Phi) is 3.68. The molecule has 1 aliphatic rings. The largest absolute Gasteiger partial charge is 0.308 e. The van der Waals surface area contributed by atoms with Gasteiger partial charge in [0.25, 0.3) is 0 Å². The Bertz CT molecular complexity index is 602. The van der Waals surface area contributed by atoms with Crippen molar-refractivity contribution in [2.75, 3.05) is 0 Å². The zero-order valence-electron chi connectivity index (χ0n) is 9.83. The Labute approximate surface area is 118 Å². The molecule has 2 rings (SSSR count). The van der Waals surface area contributed by atoms with Gasteiger partial charge in [-0.3, -0.25) is 0 Å². The van der Waals surface area contributed by atoms with Gasteiger partial charge in [0.05, 0.1) is 5.92 Å². The summed E-state index contributed by atoms with van der Waals surface area (Å²) >= 11 is 2.37. The quantitative estimate of drug-likeness (QED) is 0.578. The number of allylic oxidation sites excluding steroid dienone is 2. The van der Waals surface area contributed by atoms with E-state index in [0.717, 1.165) is 5.56 Å². The number of nitriles is 2. The minimum Gasteiger partial charge on any atom is -0.193 e. The second kappa shape index (κ2) is 5.11. The zero-order chi connectivity index (χ0) is 14.0. The van der Waals surface area contributed by atoms with E-state index in [1.807, 2.05) is 12.1 Å². The van der Waals surface area contributed by atoms with E-state index in [1.165, 1.54) is 0 Å². The minimum atomic E-state index is -3.13. The Morgan fingerprint density at radius 1 is 1.26 bits per heavy atom. The van der Waals surface area contributed by atoms with Crippen molar-refractivity contribution in [1.29, 1.82) is 10.5 Å². The Balaban J connectivity index is 2.70. The lowest BCUT2D eigenvalue weighted by atomic mass is 9.77. The maximum absolute atomic E-state index is 13.6. The number of halogens is 3. The molecule has 19 heavy (non-hydrogen) atoms. The van der Waals surface area contributed by atoms with Crippen LogP contribution < -0.4 is 0 Å². The number of aryl methyl sites for hydroxylation is 1. The molecule has 0 saturated heterocycles. The summed E-state index contributed by atoms with van der Waals surface area (Å²) in [4.78, 5) is -3.13. The van der Waals surface area contributed by atoms with Crippen LogP contribution in [0.15, 0.2) is 29.8 Å². The predicted octanol–water partition coefficient (Wildman–Crippen LogP) is 4.04. The van der Waals surface area contributed by atoms with E-state index in [0.29, 0.717) is 12.0 Å². The van der Waals surface area contributed by atoms with Crippen LogP contribution in [0, 0.1) is 28.6 Å². The van der Waals surface area contributed by atoms with E-state index >= 15 is 0 Å². The Morgan fingerprint density at radius 3 is 2.47 bits per heavy atom. The first-order valence-electron chi connectivity index (χ1n) is 5.68. The molecular formula is C14H9BrF2N2. The molecular weight excluding hydrogens is 314 g/mol. The molecule has 1 aromatic rings. The lowest BCUT2D eigenvalue weighted by Gasteiger charge is -2.30. The summed E-state index contributed by atoms with van der Waals surface area (Å²) in [5.41, 5.74) is 1.38. The van der Waals surface area contributed by atoms with Crippen LogP contribution in [0.5, 0.6) is 0 Å². The Morgan fingerprint density at radius 2 is 1.89 bits per heavy atom. The molecule has 0 spiro atoms. The smallest absolute Gasteiger partial charge is 0.193 e. The molecule has 0 N–H and O–H groups in total. The molecule has 96 valence electrons. The van der Waals surface area contributed by atoms with Crippen molar-refractivity contribution in [2.45, 2.75) is 17.7 Å². The third kappa shape index (κ3) is 2.52. The molecule has 0 radical (unpaired) electrons. The van der Waals surface area contributed by atoms with E-state index in [1.54, 1.807) is 24.3 Å². The molecule has 2 nitrogen and oxygen atoms in total. The van der Waals surface area contributed by atoms with Crippen molar-refractivity contribution < 1.29 is 8.78 Å². The van der Waals surface area contributed by atoms with Crippen LogP contribution >= 0.6 is 15.9 Å². The normalized spacial score (nSPS) is 18.2. The van der Waals surface area contributed by atoms with Gasteiger partial charge in [0.1, 0.15) is 17.7 Å². The van der Waals surface area contributed by atoms with Gasteiger partial charge in [-0.1, -0.05) is 24.3 Å². The molecule has 0 amide bonds. The topological polar surface area (TPSA) is 47.6 Å². The van der Waals surface area contributed by atoms with Gasteiger partial charge in [-0.2, -0.15) is 19.3 Å². The first-order chi connectivity index (χ1) is 8.99. The van der Waals surface area contributed by atoms with Crippen LogP contribution in [0.4, 0.5) is 8.78 Å². The fourth-order valence-corrected chi connectivity index (χ4v) is 2.87. The molecule has 1 aromatic carbocycles. The second-order valence-corrected chi connectivity index (χ2v) is 5.36. The molecule has 5 heteroatoms. The van der Waals surface area contributed by atoms with Crippen LogP contribution in [0.2, 0.25) is 0 Å². The van der Waals surface area contributed by atoms with Crippen LogP contribution in [0.1, 0.15) is 17.5 Å². The maximum atomic E-state index is 13.6. The van der Waals surface area contributed by atoms with Gasteiger partial charge in [-0.15, -0.1) is 0 Å². The molecule has 0 bridgehead atoms. The number of rotatable bonds is 1. The third-order valence-corrected chi connectivity index (χ3v) is 3.80. The lowest BCUT2D eigenvalue weighted by molar-refractivity contribution is 0.0670. The minimum absolute atomic E-state index is 0.147. The summed E-state index contributed by atoms with van der Waals surface area (Å²) in [6, 6.07) is 10.5. The van der Waals surface area contributed by atoms with E-state index in [4.69, 9.17) is 10.5 Å². The zero-order valence-corrected chi connectivity index (χ0v) is 11.4. The summed E-state index contributed by atoms with van der Waals surface area (Å²) in [6.07, 6.45) is 0.715. The Hall–Kier alpha value is -1.72. The van der Waals surface area contributed by atoms with Crippen molar-refractivity contribution in [1.82, 2.24) is 0 Å². The van der Waals surface area contributed by atoms with E-state index in [9.17, 15) is 8.78 Å². The number of nitrogens with zero attached hydrogens (tertiary/aromatic N) is 2. The summed E-state index contributed by atoms with van der Waals surface area (Å²) in [7, 11) is 0. The van der Waals surface area contributed by atoms with Crippen LogP contribution in [-0.4, -0.2) is 4.83 Å². The molecule has 0 heterocycles. The van der Waals surface area contributed by atoms with Crippen molar-refractivity contribution in [2.24, 2.45) is 5.92 Å². The summed E-state index contributed by atoms with van der Waals surface area (Å²) in [5.74, 6) is -1.16. The van der Waals surface area contributed by atoms with Gasteiger partial charge in [0.15, 0.2) is 0 Å². The molecule has 1 atom stereocenters. The highest BCUT2D eigenvalue weighted by atomic mass is 79.9. The maximum Gasteiger partial charge on any atom is 0.308 e. The molecule has 0 aliphatic heterocycles. The number of hydrogen-bond donors (Lipinski definition) is 0. The third-order valence-electron chi connectivity index (χ3n) is 3.25. The van der Waals surface area contributed by atoms with Gasteiger partial charge in [0, 0.05) is 0 Å². The van der Waals surface area contributed by atoms with E-state index in [-0.39, 0.29) is 17.6 Å². The first-order valence-corrected chi connectivity index (χ1v) is 6.47. The molecule has 0 saturated carbocycles. The average molecular weight is 323 g/mol. The SMILES string of the molecule is N#CC(C#N)=C1c2ccccc2CCC1C(F)(F)Br.